The van der Waals surface area contributed by atoms with Crippen molar-refractivity contribution in [2.75, 3.05) is 12.3 Å². The largest absolute Gasteiger partial charge is 0.471 e. The van der Waals surface area contributed by atoms with Gasteiger partial charge in [0.05, 0.1) is 0 Å². The zero-order valence-corrected chi connectivity index (χ0v) is 12.9. The Hall–Kier alpha value is -1.69. The molecule has 0 aliphatic carbocycles. The number of benzene rings is 2. The van der Waals surface area contributed by atoms with Crippen molar-refractivity contribution in [3.63, 3.8) is 0 Å². The highest BCUT2D eigenvalue weighted by Crippen LogP contribution is 2.26. The van der Waals surface area contributed by atoms with Crippen LogP contribution in [0.1, 0.15) is 12.5 Å². The summed E-state index contributed by atoms with van der Waals surface area (Å²) in [4.78, 5) is 11.9. The van der Waals surface area contributed by atoms with Crippen molar-refractivity contribution >= 4 is 28.4 Å². The Bertz CT molecular complexity index is 670. The van der Waals surface area contributed by atoms with Gasteiger partial charge in [0.2, 0.25) is 0 Å². The second kappa shape index (κ2) is 7.05. The summed E-state index contributed by atoms with van der Waals surface area (Å²) in [6.45, 7) is 2.02. The minimum absolute atomic E-state index is 0.0391. The number of rotatable bonds is 5. The van der Waals surface area contributed by atoms with Gasteiger partial charge in [-0.05, 0) is 40.6 Å². The van der Waals surface area contributed by atoms with E-state index in [4.69, 9.17) is 0 Å². The second-order valence-corrected chi connectivity index (χ2v) is 6.07. The van der Waals surface area contributed by atoms with Gasteiger partial charge in [0.25, 0.3) is 0 Å². The van der Waals surface area contributed by atoms with Crippen molar-refractivity contribution in [1.82, 2.24) is 5.32 Å². The van der Waals surface area contributed by atoms with Crippen LogP contribution in [-0.4, -0.2) is 24.4 Å². The Labute approximate surface area is 131 Å². The average molecular weight is 327 g/mol. The normalized spacial score (nSPS) is 11.6. The number of nitrogens with one attached hydrogen (secondary N) is 1. The fourth-order valence-electron chi connectivity index (χ4n) is 2.20. The summed E-state index contributed by atoms with van der Waals surface area (Å²) in [5, 5.41) is 3.96. The number of amides is 1. The third-order valence-corrected chi connectivity index (χ3v) is 4.07. The molecule has 6 heteroatoms. The first-order valence-electron chi connectivity index (χ1n) is 6.91. The van der Waals surface area contributed by atoms with Crippen LogP contribution in [0.4, 0.5) is 13.2 Å². The smallest absolute Gasteiger partial charge is 0.348 e. The summed E-state index contributed by atoms with van der Waals surface area (Å²) >= 11 is 1.71. The van der Waals surface area contributed by atoms with Crippen molar-refractivity contribution in [2.45, 2.75) is 24.4 Å². The molecule has 0 aliphatic rings. The Kier molecular flexibility index (Phi) is 5.34. The van der Waals surface area contributed by atoms with Gasteiger partial charge >= 0.3 is 12.1 Å². The van der Waals surface area contributed by atoms with E-state index in [1.165, 1.54) is 0 Å². The minimum atomic E-state index is -4.83. The molecule has 0 unspecified atom stereocenters. The average Bonchev–Trinajstić information content (AvgIpc) is 2.47. The summed E-state index contributed by atoms with van der Waals surface area (Å²) in [5.74, 6) is -0.940. The molecule has 0 saturated carbocycles. The first kappa shape index (κ1) is 16.7. The Morgan fingerprint density at radius 2 is 2.00 bits per heavy atom. The van der Waals surface area contributed by atoms with E-state index in [1.807, 2.05) is 41.7 Å². The van der Waals surface area contributed by atoms with E-state index in [0.717, 1.165) is 27.0 Å². The molecule has 0 aliphatic heterocycles. The van der Waals surface area contributed by atoms with Crippen molar-refractivity contribution in [2.24, 2.45) is 0 Å². The number of fused-ring (bicyclic) bond motifs is 1. The number of carbonyl (C=O) groups excluding carboxylic acids is 1. The predicted molar refractivity (Wildman–Crippen MR) is 83.1 cm³/mol. The molecule has 0 spiro atoms. The highest BCUT2D eigenvalue weighted by atomic mass is 32.2. The zero-order chi connectivity index (χ0) is 16.2. The fraction of sp³-hybridized carbons (Fsp3) is 0.312. The fourth-order valence-corrected chi connectivity index (χ4v) is 2.90. The lowest BCUT2D eigenvalue weighted by Gasteiger charge is -2.10. The van der Waals surface area contributed by atoms with Crippen LogP contribution in [0.5, 0.6) is 0 Å². The lowest BCUT2D eigenvalue weighted by molar-refractivity contribution is -0.173. The molecular formula is C16H16F3NOS. The lowest BCUT2D eigenvalue weighted by atomic mass is 10.0. The molecule has 0 bridgehead atoms. The summed E-state index contributed by atoms with van der Waals surface area (Å²) in [6.07, 6.45) is -4.47. The molecule has 0 heterocycles. The summed E-state index contributed by atoms with van der Waals surface area (Å²) in [6, 6.07) is 11.8. The molecule has 2 nitrogen and oxygen atoms in total. The van der Waals surface area contributed by atoms with Crippen molar-refractivity contribution in [3.05, 3.63) is 42.0 Å². The molecule has 2 aromatic carbocycles. The molecule has 0 radical (unpaired) electrons. The van der Waals surface area contributed by atoms with E-state index >= 15 is 0 Å². The van der Waals surface area contributed by atoms with Gasteiger partial charge in [0.1, 0.15) is 0 Å². The SMILES string of the molecule is CCSc1ccc2cccc(CCNC(=O)C(F)(F)F)c2c1. The maximum absolute atomic E-state index is 12.2. The molecule has 0 atom stereocenters. The summed E-state index contributed by atoms with van der Waals surface area (Å²) in [5.41, 5.74) is 0.929. The van der Waals surface area contributed by atoms with Gasteiger partial charge in [-0.3, -0.25) is 4.79 Å². The molecular weight excluding hydrogens is 311 g/mol. The van der Waals surface area contributed by atoms with E-state index < -0.39 is 12.1 Å². The third kappa shape index (κ3) is 4.16. The van der Waals surface area contributed by atoms with Gasteiger partial charge in [-0.25, -0.2) is 0 Å². The van der Waals surface area contributed by atoms with Gasteiger partial charge in [0.15, 0.2) is 0 Å². The van der Waals surface area contributed by atoms with Crippen LogP contribution in [0.15, 0.2) is 41.3 Å². The number of thioether (sulfide) groups is 1. The van der Waals surface area contributed by atoms with Gasteiger partial charge in [-0.1, -0.05) is 31.2 Å². The first-order chi connectivity index (χ1) is 10.4. The standard InChI is InChI=1S/C16H16F3NOS/c1-2-22-13-7-6-11-4-3-5-12(14(11)10-13)8-9-20-15(21)16(17,18)19/h3-7,10H,2,8-9H2,1H3,(H,20,21). The molecule has 118 valence electrons. The predicted octanol–water partition coefficient (Wildman–Crippen LogP) is 4.17. The van der Waals surface area contributed by atoms with Crippen LogP contribution in [-0.2, 0) is 11.2 Å². The van der Waals surface area contributed by atoms with Crippen molar-refractivity contribution < 1.29 is 18.0 Å². The van der Waals surface area contributed by atoms with Crippen LogP contribution in [0, 0.1) is 0 Å². The van der Waals surface area contributed by atoms with E-state index in [0.29, 0.717) is 6.42 Å². The summed E-state index contributed by atoms with van der Waals surface area (Å²) in [7, 11) is 0. The van der Waals surface area contributed by atoms with E-state index in [-0.39, 0.29) is 6.54 Å². The molecule has 1 amide bonds. The molecule has 22 heavy (non-hydrogen) atoms. The van der Waals surface area contributed by atoms with Crippen LogP contribution in [0.2, 0.25) is 0 Å². The number of halogens is 3. The van der Waals surface area contributed by atoms with E-state index in [1.54, 1.807) is 11.8 Å². The molecule has 2 aromatic rings. The lowest BCUT2D eigenvalue weighted by Crippen LogP contribution is -2.37. The van der Waals surface area contributed by atoms with Crippen LogP contribution < -0.4 is 5.32 Å². The van der Waals surface area contributed by atoms with Gasteiger partial charge < -0.3 is 5.32 Å². The Morgan fingerprint density at radius 3 is 2.68 bits per heavy atom. The van der Waals surface area contributed by atoms with Gasteiger partial charge in [0, 0.05) is 11.4 Å². The quantitative estimate of drug-likeness (QED) is 0.835. The van der Waals surface area contributed by atoms with E-state index in [9.17, 15) is 18.0 Å². The highest BCUT2D eigenvalue weighted by Gasteiger charge is 2.38. The molecule has 1 N–H and O–H groups in total. The highest BCUT2D eigenvalue weighted by molar-refractivity contribution is 7.99. The maximum atomic E-state index is 12.2. The maximum Gasteiger partial charge on any atom is 0.471 e. The minimum Gasteiger partial charge on any atom is -0.348 e. The zero-order valence-electron chi connectivity index (χ0n) is 12.0. The number of hydrogen-bond acceptors (Lipinski definition) is 2. The van der Waals surface area contributed by atoms with Gasteiger partial charge in [-0.2, -0.15) is 13.2 Å². The molecule has 0 aromatic heterocycles. The molecule has 0 fully saturated rings. The number of hydrogen-bond donors (Lipinski definition) is 1. The first-order valence-corrected chi connectivity index (χ1v) is 7.90. The Morgan fingerprint density at radius 1 is 1.23 bits per heavy atom. The third-order valence-electron chi connectivity index (χ3n) is 3.19. The Balaban J connectivity index is 2.13. The second-order valence-electron chi connectivity index (χ2n) is 4.74. The monoisotopic (exact) mass is 327 g/mol. The number of alkyl halides is 3. The number of carbonyl (C=O) groups is 1. The van der Waals surface area contributed by atoms with Crippen molar-refractivity contribution in [1.29, 1.82) is 0 Å². The topological polar surface area (TPSA) is 29.1 Å². The summed E-state index contributed by atoms with van der Waals surface area (Å²) < 4.78 is 36.5. The molecule has 0 saturated heterocycles. The van der Waals surface area contributed by atoms with E-state index in [2.05, 4.69) is 6.92 Å². The van der Waals surface area contributed by atoms with Crippen LogP contribution in [0.25, 0.3) is 10.8 Å². The van der Waals surface area contributed by atoms with Crippen LogP contribution in [0.3, 0.4) is 0 Å². The van der Waals surface area contributed by atoms with Crippen LogP contribution >= 0.6 is 11.8 Å². The van der Waals surface area contributed by atoms with Crippen molar-refractivity contribution in [3.8, 4) is 0 Å². The molecule has 2 rings (SSSR count). The van der Waals surface area contributed by atoms with Gasteiger partial charge in [-0.15, -0.1) is 11.8 Å².